The predicted octanol–water partition coefficient (Wildman–Crippen LogP) is 4.15. The molecule has 3 unspecified atom stereocenters. The molecule has 0 N–H and O–H groups in total. The summed E-state index contributed by atoms with van der Waals surface area (Å²) in [4.78, 5) is 33.1. The molecule has 1 fully saturated rings. The Bertz CT molecular complexity index is 1060. The molecule has 158 valence electrons. The molecule has 1 saturated carbocycles. The van der Waals surface area contributed by atoms with Crippen LogP contribution in [0.5, 0.6) is 5.75 Å². The zero-order valence-corrected chi connectivity index (χ0v) is 17.2. The van der Waals surface area contributed by atoms with Gasteiger partial charge in [-0.05, 0) is 49.1 Å². The van der Waals surface area contributed by atoms with Gasteiger partial charge in [-0.25, -0.2) is 4.98 Å². The lowest BCUT2D eigenvalue weighted by Gasteiger charge is -2.35. The van der Waals surface area contributed by atoms with Crippen molar-refractivity contribution in [1.82, 2.24) is 4.98 Å². The van der Waals surface area contributed by atoms with Crippen LogP contribution in [0.2, 0.25) is 0 Å². The van der Waals surface area contributed by atoms with Crippen LogP contribution >= 0.6 is 0 Å². The Balaban J connectivity index is 1.62. The molecular formula is C25H24N2O4. The third-order valence-corrected chi connectivity index (χ3v) is 6.20. The highest BCUT2D eigenvalue weighted by molar-refractivity contribution is 6.17. The van der Waals surface area contributed by atoms with Crippen molar-refractivity contribution in [3.05, 3.63) is 78.2 Å². The van der Waals surface area contributed by atoms with Crippen molar-refractivity contribution < 1.29 is 19.1 Å². The fourth-order valence-electron chi connectivity index (χ4n) is 4.82. The van der Waals surface area contributed by atoms with Crippen LogP contribution in [0.25, 0.3) is 0 Å². The van der Waals surface area contributed by atoms with E-state index < -0.39 is 6.04 Å². The average molecular weight is 416 g/mol. The van der Waals surface area contributed by atoms with Gasteiger partial charge in [0.05, 0.1) is 17.5 Å². The summed E-state index contributed by atoms with van der Waals surface area (Å²) in [5, 5.41) is 0. The topological polar surface area (TPSA) is 68.7 Å². The zero-order valence-electron chi connectivity index (χ0n) is 17.2. The number of aromatic nitrogens is 1. The molecule has 3 heterocycles. The first-order valence-electron chi connectivity index (χ1n) is 10.7. The number of anilines is 1. The van der Waals surface area contributed by atoms with Gasteiger partial charge < -0.3 is 9.47 Å². The summed E-state index contributed by atoms with van der Waals surface area (Å²) in [6.07, 6.45) is 6.73. The average Bonchev–Trinajstić information content (AvgIpc) is 3.11. The number of nitrogens with zero attached hydrogens (tertiary/aromatic N) is 2. The maximum Gasteiger partial charge on any atom is 0.295 e. The van der Waals surface area contributed by atoms with E-state index in [4.69, 9.17) is 9.47 Å². The van der Waals surface area contributed by atoms with E-state index >= 15 is 0 Å². The van der Waals surface area contributed by atoms with Crippen molar-refractivity contribution in [2.24, 2.45) is 5.92 Å². The summed E-state index contributed by atoms with van der Waals surface area (Å²) < 4.78 is 11.9. The van der Waals surface area contributed by atoms with Crippen LogP contribution in [0, 0.1) is 5.92 Å². The van der Waals surface area contributed by atoms with Gasteiger partial charge in [-0.1, -0.05) is 37.3 Å². The minimum atomic E-state index is -0.597. The van der Waals surface area contributed by atoms with E-state index in [1.807, 2.05) is 30.3 Å². The first-order valence-corrected chi connectivity index (χ1v) is 10.7. The maximum absolute atomic E-state index is 13.6. The van der Waals surface area contributed by atoms with Gasteiger partial charge in [0.15, 0.2) is 11.5 Å². The number of benzene rings is 1. The Morgan fingerprint density at radius 1 is 1.16 bits per heavy atom. The lowest BCUT2D eigenvalue weighted by molar-refractivity contribution is -0.131. The number of Topliss-reactive ketones (excluding diaryl/α,β-unsaturated/α-hetero) is 1. The van der Waals surface area contributed by atoms with Crippen molar-refractivity contribution in [3.8, 4) is 5.75 Å². The second-order valence-electron chi connectivity index (χ2n) is 8.09. The molecule has 5 rings (SSSR count). The summed E-state index contributed by atoms with van der Waals surface area (Å²) in [5.41, 5.74) is 1.23. The summed E-state index contributed by atoms with van der Waals surface area (Å²) in [6.45, 7) is 4.06. The van der Waals surface area contributed by atoms with Gasteiger partial charge in [-0.15, -0.1) is 0 Å². The molecule has 1 aliphatic carbocycles. The fraction of sp³-hybridized carbons (Fsp3) is 0.320. The van der Waals surface area contributed by atoms with E-state index in [-0.39, 0.29) is 29.5 Å². The number of rotatable bonds is 5. The predicted molar refractivity (Wildman–Crippen MR) is 115 cm³/mol. The Hall–Kier alpha value is -3.41. The molecule has 0 radical (unpaired) electrons. The molecule has 0 bridgehead atoms. The largest absolute Gasteiger partial charge is 0.490 e. The van der Waals surface area contributed by atoms with Gasteiger partial charge >= 0.3 is 0 Å². The van der Waals surface area contributed by atoms with Crippen LogP contribution in [0.3, 0.4) is 0 Å². The number of pyridine rings is 1. The molecule has 1 aromatic carbocycles. The monoisotopic (exact) mass is 416 g/mol. The molecule has 0 saturated heterocycles. The molecule has 2 aromatic rings. The van der Waals surface area contributed by atoms with Gasteiger partial charge in [-0.2, -0.15) is 0 Å². The van der Waals surface area contributed by atoms with E-state index in [0.29, 0.717) is 23.7 Å². The highest BCUT2D eigenvalue weighted by atomic mass is 16.5. The second kappa shape index (κ2) is 8.02. The number of fused-ring (bicyclic) bond motifs is 1. The van der Waals surface area contributed by atoms with Crippen LogP contribution < -0.4 is 9.64 Å². The summed E-state index contributed by atoms with van der Waals surface area (Å²) in [7, 11) is 0. The molecule has 2 aliphatic heterocycles. The molecule has 1 aromatic heterocycles. The lowest BCUT2D eigenvalue weighted by Crippen LogP contribution is -2.39. The van der Waals surface area contributed by atoms with Gasteiger partial charge in [0.25, 0.3) is 5.91 Å². The molecule has 6 heteroatoms. The molecule has 6 nitrogen and oxygen atoms in total. The Morgan fingerprint density at radius 3 is 2.84 bits per heavy atom. The van der Waals surface area contributed by atoms with Crippen LogP contribution in [-0.4, -0.2) is 29.4 Å². The smallest absolute Gasteiger partial charge is 0.295 e. The van der Waals surface area contributed by atoms with Crippen molar-refractivity contribution in [1.29, 1.82) is 0 Å². The SMILES string of the molecule is C=CCOc1cccc(C2C3=C(OC4CCCCC4C3=O)C(=O)N2c2ccccn2)c1. The van der Waals surface area contributed by atoms with Crippen LogP contribution in [0.15, 0.2) is 72.6 Å². The Kier molecular flexibility index (Phi) is 5.06. The highest BCUT2D eigenvalue weighted by Gasteiger charge is 2.52. The van der Waals surface area contributed by atoms with E-state index in [9.17, 15) is 9.59 Å². The number of ketones is 1. The van der Waals surface area contributed by atoms with Crippen LogP contribution in [-0.2, 0) is 14.3 Å². The third kappa shape index (κ3) is 3.32. The van der Waals surface area contributed by atoms with Gasteiger partial charge in [0.1, 0.15) is 24.3 Å². The Morgan fingerprint density at radius 2 is 2.03 bits per heavy atom. The molecule has 0 spiro atoms. The molecular weight excluding hydrogens is 392 g/mol. The van der Waals surface area contributed by atoms with E-state index in [0.717, 1.165) is 31.2 Å². The van der Waals surface area contributed by atoms with E-state index in [1.54, 1.807) is 29.3 Å². The summed E-state index contributed by atoms with van der Waals surface area (Å²) in [5.74, 6) is 0.852. The minimum absolute atomic E-state index is 0.0279. The van der Waals surface area contributed by atoms with Gasteiger partial charge in [0.2, 0.25) is 0 Å². The van der Waals surface area contributed by atoms with E-state index in [2.05, 4.69) is 11.6 Å². The number of carbonyl (C=O) groups is 2. The van der Waals surface area contributed by atoms with Crippen LogP contribution in [0.4, 0.5) is 5.82 Å². The van der Waals surface area contributed by atoms with Crippen LogP contribution in [0.1, 0.15) is 37.3 Å². The molecule has 1 amide bonds. The van der Waals surface area contributed by atoms with Crippen molar-refractivity contribution in [3.63, 3.8) is 0 Å². The first kappa shape index (κ1) is 19.5. The fourth-order valence-corrected chi connectivity index (χ4v) is 4.82. The summed E-state index contributed by atoms with van der Waals surface area (Å²) in [6, 6.07) is 12.3. The molecule has 3 aliphatic rings. The number of hydrogen-bond acceptors (Lipinski definition) is 5. The quantitative estimate of drug-likeness (QED) is 0.685. The zero-order chi connectivity index (χ0) is 21.4. The van der Waals surface area contributed by atoms with Crippen molar-refractivity contribution >= 4 is 17.5 Å². The lowest BCUT2D eigenvalue weighted by atomic mass is 9.77. The third-order valence-electron chi connectivity index (χ3n) is 6.20. The standard InChI is InChI=1S/C25H24N2O4/c1-2-14-30-17-9-7-8-16(15-17)22-21-23(28)18-10-3-4-11-19(18)31-24(21)25(29)27(22)20-12-5-6-13-26-20/h2,5-9,12-13,15,18-19,22H,1,3-4,10-11,14H2. The van der Waals surface area contributed by atoms with Crippen molar-refractivity contribution in [2.45, 2.75) is 37.8 Å². The highest BCUT2D eigenvalue weighted by Crippen LogP contribution is 2.48. The Labute approximate surface area is 181 Å². The minimum Gasteiger partial charge on any atom is -0.490 e. The van der Waals surface area contributed by atoms with Gasteiger partial charge in [-0.3, -0.25) is 14.5 Å². The first-order chi connectivity index (χ1) is 15.2. The van der Waals surface area contributed by atoms with Gasteiger partial charge in [0, 0.05) is 6.20 Å². The number of amides is 1. The molecule has 31 heavy (non-hydrogen) atoms. The number of ether oxygens (including phenoxy) is 2. The normalized spacial score (nSPS) is 25.0. The number of carbonyl (C=O) groups excluding carboxylic acids is 2. The van der Waals surface area contributed by atoms with Crippen molar-refractivity contribution in [2.75, 3.05) is 11.5 Å². The second-order valence-corrected chi connectivity index (χ2v) is 8.09. The maximum atomic E-state index is 13.6. The molecule has 3 atom stereocenters. The summed E-state index contributed by atoms with van der Waals surface area (Å²) >= 11 is 0. The van der Waals surface area contributed by atoms with E-state index in [1.165, 1.54) is 0 Å². The number of hydrogen-bond donors (Lipinski definition) is 0.